The van der Waals surface area contributed by atoms with E-state index >= 15 is 0 Å². The highest BCUT2D eigenvalue weighted by Gasteiger charge is 2.31. The van der Waals surface area contributed by atoms with Crippen LogP contribution in [0.4, 0.5) is 11.5 Å². The van der Waals surface area contributed by atoms with Crippen LogP contribution in [0, 0.1) is 5.41 Å². The molecule has 1 aromatic carbocycles. The Morgan fingerprint density at radius 2 is 1.92 bits per heavy atom. The Kier molecular flexibility index (Phi) is 3.73. The lowest BCUT2D eigenvalue weighted by Gasteiger charge is -2.38. The highest BCUT2D eigenvalue weighted by Crippen LogP contribution is 2.35. The van der Waals surface area contributed by atoms with Crippen molar-refractivity contribution in [2.75, 3.05) is 30.8 Å². The first-order valence-corrected chi connectivity index (χ1v) is 8.52. The molecule has 2 aliphatic rings. The quantitative estimate of drug-likeness (QED) is 0.847. The number of hydrogen-bond acceptors (Lipinski definition) is 5. The fourth-order valence-corrected chi connectivity index (χ4v) is 3.84. The number of nitrogen functional groups attached to an aromatic ring is 1. The van der Waals surface area contributed by atoms with Gasteiger partial charge in [-0.3, -0.25) is 5.41 Å². The van der Waals surface area contributed by atoms with Gasteiger partial charge in [0.2, 0.25) is 0 Å². The lowest BCUT2D eigenvalue weighted by atomic mass is 9.99. The van der Waals surface area contributed by atoms with Gasteiger partial charge in [-0.2, -0.15) is 0 Å². The first-order valence-electron chi connectivity index (χ1n) is 8.52. The lowest BCUT2D eigenvalue weighted by Crippen LogP contribution is -2.44. The molecular formula is C19H23N5. The molecule has 3 N–H and O–H groups in total. The van der Waals surface area contributed by atoms with E-state index in [-0.39, 0.29) is 0 Å². The molecule has 5 heteroatoms. The number of nitrogens with one attached hydrogen (secondary N) is 1. The fourth-order valence-electron chi connectivity index (χ4n) is 3.84. The summed E-state index contributed by atoms with van der Waals surface area (Å²) >= 11 is 0. The molecule has 1 fully saturated rings. The summed E-state index contributed by atoms with van der Waals surface area (Å²) in [6, 6.07) is 10.4. The molecule has 0 amide bonds. The molecule has 5 nitrogen and oxygen atoms in total. The van der Waals surface area contributed by atoms with E-state index in [1.165, 1.54) is 5.56 Å². The Bertz CT molecular complexity index is 777. The summed E-state index contributed by atoms with van der Waals surface area (Å²) in [5, 5.41) is 8.71. The summed E-state index contributed by atoms with van der Waals surface area (Å²) in [7, 11) is 2.17. The fraction of sp³-hybridized carbons (Fsp3) is 0.368. The molecule has 1 saturated heterocycles. The number of anilines is 2. The normalized spacial score (nSPS) is 18.9. The Hall–Kier alpha value is -2.40. The molecule has 0 saturated carbocycles. The maximum Gasteiger partial charge on any atom is 0.140 e. The zero-order valence-corrected chi connectivity index (χ0v) is 14.0. The molecule has 0 atom stereocenters. The van der Waals surface area contributed by atoms with E-state index in [4.69, 9.17) is 11.1 Å². The van der Waals surface area contributed by atoms with Gasteiger partial charge in [-0.15, -0.1) is 0 Å². The molecule has 0 aliphatic carbocycles. The van der Waals surface area contributed by atoms with Crippen molar-refractivity contribution in [2.24, 2.45) is 0 Å². The molecule has 2 aliphatic heterocycles. The van der Waals surface area contributed by atoms with Gasteiger partial charge in [0.1, 0.15) is 5.82 Å². The second-order valence-electron chi connectivity index (χ2n) is 6.79. The second-order valence-corrected chi connectivity index (χ2v) is 6.79. The van der Waals surface area contributed by atoms with E-state index in [2.05, 4.69) is 27.9 Å². The third kappa shape index (κ3) is 2.45. The maximum atomic E-state index is 8.71. The largest absolute Gasteiger partial charge is 0.398 e. The predicted molar refractivity (Wildman–Crippen MR) is 97.7 cm³/mol. The average Bonchev–Trinajstić information content (AvgIpc) is 2.72. The van der Waals surface area contributed by atoms with E-state index < -0.39 is 0 Å². The van der Waals surface area contributed by atoms with Crippen molar-refractivity contribution in [2.45, 2.75) is 25.4 Å². The number of benzene rings is 1. The van der Waals surface area contributed by atoms with Crippen LogP contribution >= 0.6 is 0 Å². The molecule has 0 bridgehead atoms. The van der Waals surface area contributed by atoms with Gasteiger partial charge < -0.3 is 15.5 Å². The minimum absolute atomic E-state index is 0.438. The van der Waals surface area contributed by atoms with Crippen LogP contribution in [0.5, 0.6) is 0 Å². The third-order valence-electron chi connectivity index (χ3n) is 5.24. The van der Waals surface area contributed by atoms with Crippen LogP contribution in [0.1, 0.15) is 29.5 Å². The monoisotopic (exact) mass is 321 g/mol. The maximum absolute atomic E-state index is 8.71. The van der Waals surface area contributed by atoms with Crippen LogP contribution in [0.3, 0.4) is 0 Å². The van der Waals surface area contributed by atoms with Crippen LogP contribution in [0.2, 0.25) is 0 Å². The zero-order chi connectivity index (χ0) is 16.7. The van der Waals surface area contributed by atoms with E-state index in [9.17, 15) is 0 Å². The number of likely N-dealkylation sites (tertiary alicyclic amines) is 1. The Morgan fingerprint density at radius 1 is 1.17 bits per heavy atom. The smallest absolute Gasteiger partial charge is 0.140 e. The van der Waals surface area contributed by atoms with Gasteiger partial charge in [0.25, 0.3) is 0 Å². The van der Waals surface area contributed by atoms with Crippen molar-refractivity contribution in [3.8, 4) is 0 Å². The molecule has 0 spiro atoms. The van der Waals surface area contributed by atoms with E-state index in [0.29, 0.717) is 17.4 Å². The van der Waals surface area contributed by atoms with Crippen LogP contribution in [-0.2, 0) is 6.54 Å². The first-order chi connectivity index (χ1) is 11.6. The number of piperidine rings is 1. The molecule has 0 radical (unpaired) electrons. The standard InChI is InChI=1S/C19H23N5/c1-23-10-7-14(8-11-23)24-12-13-4-2-3-5-15(13)18(21)17-16(20)6-9-22-19(17)24/h2-6,9,14,21H,7-8,10-12H2,1H3,(H2,20,22). The highest BCUT2D eigenvalue weighted by molar-refractivity contribution is 6.18. The minimum atomic E-state index is 0.438. The van der Waals surface area contributed by atoms with Crippen molar-refractivity contribution in [3.05, 3.63) is 53.2 Å². The number of nitrogens with two attached hydrogens (primary N) is 1. The topological polar surface area (TPSA) is 69.2 Å². The van der Waals surface area contributed by atoms with Gasteiger partial charge in [-0.25, -0.2) is 4.98 Å². The van der Waals surface area contributed by atoms with Gasteiger partial charge in [-0.05, 0) is 44.6 Å². The number of hydrogen-bond donors (Lipinski definition) is 2. The molecule has 24 heavy (non-hydrogen) atoms. The predicted octanol–water partition coefficient (Wildman–Crippen LogP) is 2.49. The van der Waals surface area contributed by atoms with Gasteiger partial charge in [0.05, 0.1) is 11.3 Å². The minimum Gasteiger partial charge on any atom is -0.398 e. The first kappa shape index (κ1) is 15.1. The number of nitrogens with zero attached hydrogens (tertiary/aromatic N) is 3. The van der Waals surface area contributed by atoms with Gasteiger partial charge in [0.15, 0.2) is 0 Å². The summed E-state index contributed by atoms with van der Waals surface area (Å²) in [6.07, 6.45) is 3.99. The SMILES string of the molecule is CN1CCC(N2Cc3ccccc3C(=N)c3c(N)ccnc32)CC1. The van der Waals surface area contributed by atoms with Gasteiger partial charge in [0, 0.05) is 30.0 Å². The summed E-state index contributed by atoms with van der Waals surface area (Å²) in [4.78, 5) is 9.39. The molecule has 0 unspecified atom stereocenters. The van der Waals surface area contributed by atoms with Crippen molar-refractivity contribution in [3.63, 3.8) is 0 Å². The van der Waals surface area contributed by atoms with Crippen LogP contribution in [0.15, 0.2) is 36.5 Å². The summed E-state index contributed by atoms with van der Waals surface area (Å²) in [5.41, 5.74) is 10.3. The number of aromatic nitrogens is 1. The number of fused-ring (bicyclic) bond motifs is 2. The van der Waals surface area contributed by atoms with Crippen molar-refractivity contribution < 1.29 is 0 Å². The highest BCUT2D eigenvalue weighted by atomic mass is 15.2. The molecule has 124 valence electrons. The molecule has 2 aromatic rings. The van der Waals surface area contributed by atoms with E-state index in [0.717, 1.165) is 49.4 Å². The Balaban J connectivity index is 1.84. The van der Waals surface area contributed by atoms with Crippen LogP contribution in [-0.4, -0.2) is 41.8 Å². The summed E-state index contributed by atoms with van der Waals surface area (Å²) < 4.78 is 0. The van der Waals surface area contributed by atoms with Gasteiger partial charge in [-0.1, -0.05) is 24.3 Å². The van der Waals surface area contributed by atoms with Crippen molar-refractivity contribution in [1.29, 1.82) is 5.41 Å². The summed E-state index contributed by atoms with van der Waals surface area (Å²) in [5.74, 6) is 0.866. The Labute approximate surface area is 142 Å². The van der Waals surface area contributed by atoms with Crippen molar-refractivity contribution >= 4 is 17.2 Å². The molecule has 4 rings (SSSR count). The second kappa shape index (κ2) is 5.91. The number of pyridine rings is 1. The molecular weight excluding hydrogens is 298 g/mol. The lowest BCUT2D eigenvalue weighted by molar-refractivity contribution is 0.248. The van der Waals surface area contributed by atoms with Crippen molar-refractivity contribution in [1.82, 2.24) is 9.88 Å². The Morgan fingerprint density at radius 3 is 2.71 bits per heavy atom. The third-order valence-corrected chi connectivity index (χ3v) is 5.24. The molecule has 3 heterocycles. The molecule has 1 aromatic heterocycles. The average molecular weight is 321 g/mol. The van der Waals surface area contributed by atoms with E-state index in [1.54, 1.807) is 12.3 Å². The van der Waals surface area contributed by atoms with Crippen LogP contribution < -0.4 is 10.6 Å². The number of rotatable bonds is 1. The van der Waals surface area contributed by atoms with Crippen LogP contribution in [0.25, 0.3) is 0 Å². The zero-order valence-electron chi connectivity index (χ0n) is 14.0. The summed E-state index contributed by atoms with van der Waals surface area (Å²) in [6.45, 7) is 2.98. The van der Waals surface area contributed by atoms with Gasteiger partial charge >= 0.3 is 0 Å². The van der Waals surface area contributed by atoms with E-state index in [1.807, 2.05) is 18.2 Å².